The van der Waals surface area contributed by atoms with Gasteiger partial charge in [-0.3, -0.25) is 0 Å². The summed E-state index contributed by atoms with van der Waals surface area (Å²) in [5.41, 5.74) is 1.78. The minimum absolute atomic E-state index is 0.237. The van der Waals surface area contributed by atoms with Crippen LogP contribution in [0.1, 0.15) is 11.1 Å². The molecule has 0 N–H and O–H groups in total. The van der Waals surface area contributed by atoms with E-state index >= 15 is 0 Å². The van der Waals surface area contributed by atoms with E-state index in [4.69, 9.17) is 14.2 Å². The molecule has 3 rings (SSSR count). The maximum Gasteiger partial charge on any atom is 0.363 e. The lowest BCUT2D eigenvalue weighted by Crippen LogP contribution is -2.06. The molecular weight excluding hydrogens is 445 g/mol. The van der Waals surface area contributed by atoms with Crippen molar-refractivity contribution in [3.05, 3.63) is 75.5 Å². The Morgan fingerprint density at radius 1 is 1.23 bits per heavy atom. The summed E-state index contributed by atoms with van der Waals surface area (Å²) in [6.45, 7) is 4.00. The van der Waals surface area contributed by atoms with Crippen LogP contribution in [0.15, 0.2) is 65.8 Å². The number of carbonyl (C=O) groups is 1. The largest absolute Gasteiger partial charge is 0.493 e. The first-order valence-corrected chi connectivity index (χ1v) is 8.89. The third-order valence-electron chi connectivity index (χ3n) is 3.57. The summed E-state index contributed by atoms with van der Waals surface area (Å²) in [5, 5.41) is 0. The average Bonchev–Trinajstić information content (AvgIpc) is 3.01. The molecule has 0 saturated carbocycles. The van der Waals surface area contributed by atoms with E-state index in [2.05, 4.69) is 34.2 Å². The van der Waals surface area contributed by atoms with Crippen LogP contribution in [0.2, 0.25) is 0 Å². The molecule has 2 aromatic carbocycles. The molecule has 0 saturated heterocycles. The van der Waals surface area contributed by atoms with Crippen molar-refractivity contribution in [3.63, 3.8) is 0 Å². The molecule has 0 aliphatic carbocycles. The molecule has 0 radical (unpaired) electrons. The summed E-state index contributed by atoms with van der Waals surface area (Å²) >= 11 is 2.18. The van der Waals surface area contributed by atoms with Gasteiger partial charge in [0.2, 0.25) is 5.90 Å². The van der Waals surface area contributed by atoms with E-state index in [1.807, 2.05) is 30.3 Å². The van der Waals surface area contributed by atoms with Crippen molar-refractivity contribution in [2.24, 2.45) is 4.99 Å². The predicted octanol–water partition coefficient (Wildman–Crippen LogP) is 4.21. The zero-order valence-electron chi connectivity index (χ0n) is 14.1. The van der Waals surface area contributed by atoms with Gasteiger partial charge in [-0.05, 0) is 58.5 Å². The van der Waals surface area contributed by atoms with Gasteiger partial charge in [-0.15, -0.1) is 0 Å². The fraction of sp³-hybridized carbons (Fsp3) is 0.100. The fourth-order valence-corrected chi connectivity index (χ4v) is 2.98. The molecule has 1 aliphatic heterocycles. The van der Waals surface area contributed by atoms with E-state index in [-0.39, 0.29) is 5.70 Å². The lowest BCUT2D eigenvalue weighted by molar-refractivity contribution is -0.129. The van der Waals surface area contributed by atoms with Gasteiger partial charge in [-0.2, -0.15) is 0 Å². The summed E-state index contributed by atoms with van der Waals surface area (Å²) in [7, 11) is 1.56. The molecule has 2 aromatic rings. The van der Waals surface area contributed by atoms with Gasteiger partial charge in [0.05, 0.1) is 12.7 Å². The first-order valence-electron chi connectivity index (χ1n) is 7.81. The van der Waals surface area contributed by atoms with E-state index in [9.17, 15) is 4.79 Å². The lowest BCUT2D eigenvalue weighted by atomic mass is 10.1. The molecule has 1 heterocycles. The molecule has 0 spiro atoms. The fourth-order valence-electron chi connectivity index (χ4n) is 2.36. The number of hydrogen-bond donors (Lipinski definition) is 0. The van der Waals surface area contributed by atoms with Crippen LogP contribution in [-0.4, -0.2) is 25.6 Å². The highest BCUT2D eigenvalue weighted by Crippen LogP contribution is 2.30. The number of halogens is 1. The van der Waals surface area contributed by atoms with E-state index in [1.54, 1.807) is 31.4 Å². The molecule has 0 bridgehead atoms. The van der Waals surface area contributed by atoms with Crippen LogP contribution in [0.25, 0.3) is 6.08 Å². The van der Waals surface area contributed by atoms with Gasteiger partial charge in [-0.1, -0.05) is 30.9 Å². The van der Waals surface area contributed by atoms with Gasteiger partial charge in [0.1, 0.15) is 6.61 Å². The number of ether oxygens (including phenoxy) is 3. The van der Waals surface area contributed by atoms with Crippen molar-refractivity contribution in [1.29, 1.82) is 0 Å². The highest BCUT2D eigenvalue weighted by molar-refractivity contribution is 14.1. The second-order valence-corrected chi connectivity index (χ2v) is 6.49. The maximum absolute atomic E-state index is 12.2. The van der Waals surface area contributed by atoms with Crippen LogP contribution in [0.5, 0.6) is 11.5 Å². The highest BCUT2D eigenvalue weighted by Gasteiger charge is 2.25. The first-order chi connectivity index (χ1) is 12.6. The number of nitrogens with zero attached hydrogens (tertiary/aromatic N) is 1. The quantitative estimate of drug-likeness (QED) is 0.280. The lowest BCUT2D eigenvalue weighted by Gasteiger charge is -2.09. The zero-order valence-corrected chi connectivity index (χ0v) is 16.2. The van der Waals surface area contributed by atoms with Crippen molar-refractivity contribution >= 4 is 40.5 Å². The van der Waals surface area contributed by atoms with E-state index in [0.717, 1.165) is 14.7 Å². The second kappa shape index (κ2) is 8.18. The van der Waals surface area contributed by atoms with Gasteiger partial charge >= 0.3 is 5.97 Å². The molecule has 26 heavy (non-hydrogen) atoms. The Bertz CT molecular complexity index is 918. The highest BCUT2D eigenvalue weighted by atomic mass is 127. The molecule has 132 valence electrons. The Labute approximate surface area is 165 Å². The molecule has 0 fully saturated rings. The number of methoxy groups -OCH3 is 1. The van der Waals surface area contributed by atoms with Gasteiger partial charge in [0, 0.05) is 3.57 Å². The van der Waals surface area contributed by atoms with Crippen molar-refractivity contribution in [2.45, 2.75) is 0 Å². The molecule has 5 nitrogen and oxygen atoms in total. The van der Waals surface area contributed by atoms with Gasteiger partial charge in [0.25, 0.3) is 0 Å². The second-order valence-electron chi connectivity index (χ2n) is 5.33. The van der Waals surface area contributed by atoms with Crippen LogP contribution in [-0.2, 0) is 9.53 Å². The van der Waals surface area contributed by atoms with Crippen LogP contribution < -0.4 is 9.47 Å². The van der Waals surface area contributed by atoms with Crippen molar-refractivity contribution in [2.75, 3.05) is 13.7 Å². The number of aliphatic imine (C=N–C) groups is 1. The minimum Gasteiger partial charge on any atom is -0.493 e. The zero-order chi connectivity index (χ0) is 18.5. The van der Waals surface area contributed by atoms with Crippen molar-refractivity contribution in [3.8, 4) is 11.5 Å². The molecular formula is C20H16INO4. The maximum atomic E-state index is 12.2. The van der Waals surface area contributed by atoms with Crippen molar-refractivity contribution < 1.29 is 19.0 Å². The van der Waals surface area contributed by atoms with E-state index < -0.39 is 5.97 Å². The van der Waals surface area contributed by atoms with Crippen LogP contribution >= 0.6 is 22.6 Å². The smallest absolute Gasteiger partial charge is 0.363 e. The van der Waals surface area contributed by atoms with E-state index in [1.165, 1.54) is 0 Å². The predicted molar refractivity (Wildman–Crippen MR) is 108 cm³/mol. The number of cyclic esters (lactones) is 1. The molecule has 1 aliphatic rings. The standard InChI is InChI=1S/C20H16INO4/c1-3-10-25-17-9-8-13(12-18(17)24-2)11-16-20(23)26-19(22-16)14-6-4-5-7-15(14)21/h3-9,11-12H,1,10H2,2H3. The number of benzene rings is 2. The average molecular weight is 461 g/mol. The third kappa shape index (κ3) is 3.96. The Morgan fingerprint density at radius 3 is 2.77 bits per heavy atom. The van der Waals surface area contributed by atoms with Crippen LogP contribution in [0.3, 0.4) is 0 Å². The number of rotatable bonds is 6. The molecule has 0 aromatic heterocycles. The van der Waals surface area contributed by atoms with Crippen LogP contribution in [0.4, 0.5) is 0 Å². The number of hydrogen-bond acceptors (Lipinski definition) is 5. The van der Waals surface area contributed by atoms with Crippen LogP contribution in [0, 0.1) is 3.57 Å². The number of esters is 1. The summed E-state index contributed by atoms with van der Waals surface area (Å²) in [4.78, 5) is 16.5. The van der Waals surface area contributed by atoms with E-state index in [0.29, 0.717) is 24.0 Å². The first kappa shape index (κ1) is 18.2. The SMILES string of the molecule is C=CCOc1ccc(C=C2N=C(c3ccccc3I)OC2=O)cc1OC. The summed E-state index contributed by atoms with van der Waals surface area (Å²) < 4.78 is 17.1. The summed E-state index contributed by atoms with van der Waals surface area (Å²) in [6, 6.07) is 13.0. The minimum atomic E-state index is -0.481. The third-order valence-corrected chi connectivity index (χ3v) is 4.51. The monoisotopic (exact) mass is 461 g/mol. The van der Waals surface area contributed by atoms with Gasteiger partial charge in [0.15, 0.2) is 17.2 Å². The Kier molecular flexibility index (Phi) is 5.72. The summed E-state index contributed by atoms with van der Waals surface area (Å²) in [5.74, 6) is 0.996. The number of carbonyl (C=O) groups excluding carboxylic acids is 1. The molecule has 0 unspecified atom stereocenters. The van der Waals surface area contributed by atoms with Crippen molar-refractivity contribution in [1.82, 2.24) is 0 Å². The topological polar surface area (TPSA) is 57.1 Å². The normalized spacial score (nSPS) is 14.8. The van der Waals surface area contributed by atoms with Gasteiger partial charge in [-0.25, -0.2) is 9.79 Å². The molecule has 6 heteroatoms. The summed E-state index contributed by atoms with van der Waals surface area (Å²) in [6.07, 6.45) is 3.32. The molecule has 0 amide bonds. The Balaban J connectivity index is 1.91. The Morgan fingerprint density at radius 2 is 2.04 bits per heavy atom. The molecule has 0 atom stereocenters. The van der Waals surface area contributed by atoms with Gasteiger partial charge < -0.3 is 14.2 Å². The Hall–Kier alpha value is -2.61.